The molecule has 1 aromatic carbocycles. The molecule has 29 heavy (non-hydrogen) atoms. The fraction of sp³-hybridized carbons (Fsp3) is 0.696. The second-order valence-corrected chi connectivity index (χ2v) is 9.16. The maximum atomic E-state index is 5.82. The van der Waals surface area contributed by atoms with Crippen molar-refractivity contribution in [2.24, 2.45) is 10.4 Å². The third-order valence-electron chi connectivity index (χ3n) is 5.31. The van der Waals surface area contributed by atoms with Gasteiger partial charge in [0, 0.05) is 46.9 Å². The zero-order chi connectivity index (χ0) is 21.4. The maximum absolute atomic E-state index is 5.82. The molecule has 0 bridgehead atoms. The van der Waals surface area contributed by atoms with Gasteiger partial charge in [0.05, 0.1) is 18.3 Å². The largest absolute Gasteiger partial charge is 0.379 e. The number of hydrogen-bond acceptors (Lipinski definition) is 4. The van der Waals surface area contributed by atoms with Crippen LogP contribution >= 0.6 is 0 Å². The molecule has 0 radical (unpaired) electrons. The lowest BCUT2D eigenvalue weighted by atomic mass is 9.89. The number of ether oxygens (including phenoxy) is 2. The summed E-state index contributed by atoms with van der Waals surface area (Å²) < 4.78 is 11.4. The number of nitrogens with one attached hydrogen (secondary N) is 2. The van der Waals surface area contributed by atoms with Crippen molar-refractivity contribution in [2.75, 3.05) is 33.8 Å². The maximum Gasteiger partial charge on any atom is 0.191 e. The average Bonchev–Trinajstić information content (AvgIpc) is 2.64. The van der Waals surface area contributed by atoms with Crippen LogP contribution in [-0.2, 0) is 22.6 Å². The highest BCUT2D eigenvalue weighted by Crippen LogP contribution is 2.21. The van der Waals surface area contributed by atoms with E-state index in [-0.39, 0.29) is 11.5 Å². The first kappa shape index (κ1) is 23.6. The molecule has 2 N–H and O–H groups in total. The molecule has 0 amide bonds. The summed E-state index contributed by atoms with van der Waals surface area (Å²) in [5, 5.41) is 6.75. The minimum absolute atomic E-state index is 0.0759. The highest BCUT2D eigenvalue weighted by molar-refractivity contribution is 5.79. The summed E-state index contributed by atoms with van der Waals surface area (Å²) in [5.41, 5.74) is 2.65. The molecular weight excluding hydrogens is 364 g/mol. The zero-order valence-electron chi connectivity index (χ0n) is 19.3. The summed E-state index contributed by atoms with van der Waals surface area (Å²) in [6, 6.07) is 8.82. The molecule has 0 saturated carbocycles. The molecule has 0 aromatic heterocycles. The van der Waals surface area contributed by atoms with Crippen molar-refractivity contribution < 1.29 is 9.47 Å². The Morgan fingerprint density at radius 3 is 2.24 bits per heavy atom. The van der Waals surface area contributed by atoms with Gasteiger partial charge in [-0.05, 0) is 30.4 Å². The molecule has 3 unspecified atom stereocenters. The molecule has 1 aromatic rings. The van der Waals surface area contributed by atoms with Gasteiger partial charge in [0.2, 0.25) is 0 Å². The van der Waals surface area contributed by atoms with Gasteiger partial charge in [0.15, 0.2) is 5.96 Å². The number of guanidine groups is 1. The Morgan fingerprint density at radius 2 is 1.72 bits per heavy atom. The molecule has 1 aliphatic heterocycles. The standard InChI is InChI=1S/C23H40N4O2/c1-17-14-27(15-18(2)29-17)16-20-10-8-19(9-11-20)12-25-22(24-6)26-13-21(28-7)23(3,4)5/h8-11,17-18,21H,12-16H2,1-7H3,(H2,24,25,26). The SMILES string of the molecule is CN=C(NCc1ccc(CN2CC(C)OC(C)C2)cc1)NCC(OC)C(C)(C)C. The first-order chi connectivity index (χ1) is 13.7. The summed E-state index contributed by atoms with van der Waals surface area (Å²) in [6.45, 7) is 15.2. The van der Waals surface area contributed by atoms with Crippen LogP contribution in [0.15, 0.2) is 29.3 Å². The number of methoxy groups -OCH3 is 1. The lowest BCUT2D eigenvalue weighted by Gasteiger charge is -2.35. The van der Waals surface area contributed by atoms with Crippen LogP contribution in [0.1, 0.15) is 45.7 Å². The van der Waals surface area contributed by atoms with Crippen LogP contribution in [0.5, 0.6) is 0 Å². The predicted molar refractivity (Wildman–Crippen MR) is 120 cm³/mol. The topological polar surface area (TPSA) is 58.1 Å². The Morgan fingerprint density at radius 1 is 1.14 bits per heavy atom. The van der Waals surface area contributed by atoms with Crippen molar-refractivity contribution in [3.8, 4) is 0 Å². The van der Waals surface area contributed by atoms with Gasteiger partial charge < -0.3 is 20.1 Å². The van der Waals surface area contributed by atoms with E-state index in [4.69, 9.17) is 9.47 Å². The fourth-order valence-electron chi connectivity index (χ4n) is 3.77. The summed E-state index contributed by atoms with van der Waals surface area (Å²) in [6.07, 6.45) is 0.723. The first-order valence-electron chi connectivity index (χ1n) is 10.6. The number of nitrogens with zero attached hydrogens (tertiary/aromatic N) is 2. The number of aliphatic imine (C=N–C) groups is 1. The Hall–Kier alpha value is -1.63. The summed E-state index contributed by atoms with van der Waals surface area (Å²) in [7, 11) is 3.55. The zero-order valence-corrected chi connectivity index (χ0v) is 19.3. The van der Waals surface area contributed by atoms with Crippen LogP contribution in [0.4, 0.5) is 0 Å². The molecule has 2 rings (SSSR count). The minimum atomic E-state index is 0.0759. The minimum Gasteiger partial charge on any atom is -0.379 e. The molecule has 1 heterocycles. The highest BCUT2D eigenvalue weighted by atomic mass is 16.5. The van der Waals surface area contributed by atoms with Crippen molar-refractivity contribution in [2.45, 2.75) is 66.0 Å². The van der Waals surface area contributed by atoms with Crippen molar-refractivity contribution in [1.82, 2.24) is 15.5 Å². The van der Waals surface area contributed by atoms with Crippen LogP contribution in [0.3, 0.4) is 0 Å². The van der Waals surface area contributed by atoms with Gasteiger partial charge in [-0.2, -0.15) is 0 Å². The summed E-state index contributed by atoms with van der Waals surface area (Å²) in [4.78, 5) is 6.79. The van der Waals surface area contributed by atoms with Gasteiger partial charge in [-0.25, -0.2) is 0 Å². The van der Waals surface area contributed by atoms with E-state index in [1.807, 2.05) is 0 Å². The van der Waals surface area contributed by atoms with Gasteiger partial charge in [0.25, 0.3) is 0 Å². The van der Waals surface area contributed by atoms with Crippen LogP contribution in [-0.4, -0.2) is 63.0 Å². The lowest BCUT2D eigenvalue weighted by Crippen LogP contribution is -2.45. The monoisotopic (exact) mass is 404 g/mol. The lowest BCUT2D eigenvalue weighted by molar-refractivity contribution is -0.0704. The van der Waals surface area contributed by atoms with Gasteiger partial charge in [-0.1, -0.05) is 45.0 Å². The molecule has 1 fully saturated rings. The summed E-state index contributed by atoms with van der Waals surface area (Å²) >= 11 is 0. The molecule has 3 atom stereocenters. The Labute approximate surface area is 177 Å². The van der Waals surface area contributed by atoms with Gasteiger partial charge >= 0.3 is 0 Å². The molecular formula is C23H40N4O2. The second kappa shape index (κ2) is 11.0. The van der Waals surface area contributed by atoms with Crippen molar-refractivity contribution in [3.63, 3.8) is 0 Å². The van der Waals surface area contributed by atoms with E-state index >= 15 is 0 Å². The van der Waals surface area contributed by atoms with Crippen LogP contribution < -0.4 is 10.6 Å². The number of morpholine rings is 1. The van der Waals surface area contributed by atoms with E-state index < -0.39 is 0 Å². The Balaban J connectivity index is 1.81. The third kappa shape index (κ3) is 7.96. The normalized spacial score (nSPS) is 22.4. The van der Waals surface area contributed by atoms with Crippen LogP contribution in [0.2, 0.25) is 0 Å². The van der Waals surface area contributed by atoms with Gasteiger partial charge in [-0.15, -0.1) is 0 Å². The van der Waals surface area contributed by atoms with E-state index in [0.29, 0.717) is 12.2 Å². The average molecular weight is 405 g/mol. The van der Waals surface area contributed by atoms with Crippen molar-refractivity contribution >= 4 is 5.96 Å². The van der Waals surface area contributed by atoms with Gasteiger partial charge in [0.1, 0.15) is 0 Å². The van der Waals surface area contributed by atoms with E-state index in [1.165, 1.54) is 11.1 Å². The first-order valence-corrected chi connectivity index (χ1v) is 10.6. The molecule has 1 saturated heterocycles. The second-order valence-electron chi connectivity index (χ2n) is 9.16. The molecule has 164 valence electrons. The molecule has 6 nitrogen and oxygen atoms in total. The fourth-order valence-corrected chi connectivity index (χ4v) is 3.77. The predicted octanol–water partition coefficient (Wildman–Crippen LogP) is 3.02. The Kier molecular flexibility index (Phi) is 8.93. The quantitative estimate of drug-likeness (QED) is 0.540. The molecule has 1 aliphatic rings. The number of rotatable bonds is 7. The molecule has 0 aliphatic carbocycles. The smallest absolute Gasteiger partial charge is 0.191 e. The van der Waals surface area contributed by atoms with E-state index in [9.17, 15) is 0 Å². The van der Waals surface area contributed by atoms with Crippen LogP contribution in [0.25, 0.3) is 0 Å². The Bertz CT molecular complexity index is 629. The molecule has 6 heteroatoms. The summed E-state index contributed by atoms with van der Waals surface area (Å²) in [5.74, 6) is 0.789. The van der Waals surface area contributed by atoms with Crippen molar-refractivity contribution in [1.29, 1.82) is 0 Å². The van der Waals surface area contributed by atoms with E-state index in [2.05, 4.69) is 79.4 Å². The van der Waals surface area contributed by atoms with E-state index in [0.717, 1.165) is 38.7 Å². The third-order valence-corrected chi connectivity index (χ3v) is 5.31. The van der Waals surface area contributed by atoms with Crippen LogP contribution in [0, 0.1) is 5.41 Å². The number of benzene rings is 1. The van der Waals surface area contributed by atoms with Gasteiger partial charge in [-0.3, -0.25) is 9.89 Å². The highest BCUT2D eigenvalue weighted by Gasteiger charge is 2.24. The van der Waals surface area contributed by atoms with E-state index in [1.54, 1.807) is 14.2 Å². The molecule has 0 spiro atoms. The van der Waals surface area contributed by atoms with Crippen molar-refractivity contribution in [3.05, 3.63) is 35.4 Å². The number of hydrogen-bond donors (Lipinski definition) is 2.